The van der Waals surface area contributed by atoms with E-state index in [2.05, 4.69) is 17.0 Å². The molecule has 1 heterocycles. The molecule has 0 radical (unpaired) electrons. The molecule has 92 valence electrons. The third kappa shape index (κ3) is 3.65. The summed E-state index contributed by atoms with van der Waals surface area (Å²) >= 11 is 0. The number of carbonyl (C=O) groups is 1. The molecule has 0 aromatic heterocycles. The summed E-state index contributed by atoms with van der Waals surface area (Å²) in [5.74, 6) is 0.129. The number of Topliss-reactive ketones (excluding diaryl/α,β-unsaturated/α-hetero) is 1. The van der Waals surface area contributed by atoms with Gasteiger partial charge in [0, 0.05) is 25.2 Å². The lowest BCUT2D eigenvalue weighted by Crippen LogP contribution is -2.37. The van der Waals surface area contributed by atoms with Crippen LogP contribution in [-0.2, 0) is 11.2 Å². The number of hydrogen-bond donors (Lipinski definition) is 0. The predicted octanol–water partition coefficient (Wildman–Crippen LogP) is 1.76. The molecule has 1 aromatic carbocycles. The molecule has 0 aliphatic carbocycles. The Balaban J connectivity index is 1.84. The lowest BCUT2D eigenvalue weighted by atomic mass is 10.1. The molecule has 1 fully saturated rings. The zero-order chi connectivity index (χ0) is 12.1. The fourth-order valence-electron chi connectivity index (χ4n) is 2.02. The van der Waals surface area contributed by atoms with Gasteiger partial charge in [-0.05, 0) is 18.9 Å². The Morgan fingerprint density at radius 2 is 1.88 bits per heavy atom. The van der Waals surface area contributed by atoms with Crippen LogP contribution in [0.25, 0.3) is 0 Å². The highest BCUT2D eigenvalue weighted by molar-refractivity contribution is 5.93. The van der Waals surface area contributed by atoms with Crippen LogP contribution in [0.1, 0.15) is 22.8 Å². The lowest BCUT2D eigenvalue weighted by molar-refractivity contribution is 0.0384. The second kappa shape index (κ2) is 5.94. The normalized spacial score (nSPS) is 17.0. The van der Waals surface area contributed by atoms with Gasteiger partial charge >= 0.3 is 0 Å². The van der Waals surface area contributed by atoms with Crippen molar-refractivity contribution in [3.05, 3.63) is 35.4 Å². The van der Waals surface area contributed by atoms with Gasteiger partial charge in [0.2, 0.25) is 0 Å². The van der Waals surface area contributed by atoms with Gasteiger partial charge in [-0.15, -0.1) is 0 Å². The van der Waals surface area contributed by atoms with Gasteiger partial charge in [-0.2, -0.15) is 0 Å². The van der Waals surface area contributed by atoms with Gasteiger partial charge in [0.25, 0.3) is 0 Å². The smallest absolute Gasteiger partial charge is 0.159 e. The van der Waals surface area contributed by atoms with E-state index >= 15 is 0 Å². The maximum atomic E-state index is 11.1. The number of ether oxygens (including phenoxy) is 1. The highest BCUT2D eigenvalue weighted by atomic mass is 16.5. The Hall–Kier alpha value is -1.19. The van der Waals surface area contributed by atoms with E-state index in [1.54, 1.807) is 6.92 Å². The number of ketones is 1. The first-order valence-corrected chi connectivity index (χ1v) is 6.16. The summed E-state index contributed by atoms with van der Waals surface area (Å²) in [6.07, 6.45) is 1.04. The Bertz CT molecular complexity index is 366. The number of nitrogens with zero attached hydrogens (tertiary/aromatic N) is 1. The van der Waals surface area contributed by atoms with Crippen molar-refractivity contribution in [2.45, 2.75) is 13.3 Å². The molecule has 0 spiro atoms. The first-order valence-electron chi connectivity index (χ1n) is 6.16. The molecule has 3 heteroatoms. The topological polar surface area (TPSA) is 29.5 Å². The molecule has 0 unspecified atom stereocenters. The number of rotatable bonds is 4. The Kier molecular flexibility index (Phi) is 4.29. The summed E-state index contributed by atoms with van der Waals surface area (Å²) in [4.78, 5) is 13.6. The molecule has 17 heavy (non-hydrogen) atoms. The van der Waals surface area contributed by atoms with Gasteiger partial charge in [-0.1, -0.05) is 24.3 Å². The van der Waals surface area contributed by atoms with Crippen LogP contribution >= 0.6 is 0 Å². The van der Waals surface area contributed by atoms with E-state index in [0.29, 0.717) is 0 Å². The van der Waals surface area contributed by atoms with E-state index in [-0.39, 0.29) is 5.78 Å². The largest absolute Gasteiger partial charge is 0.379 e. The van der Waals surface area contributed by atoms with Gasteiger partial charge in [0.05, 0.1) is 13.2 Å². The summed E-state index contributed by atoms with van der Waals surface area (Å²) in [7, 11) is 0. The SMILES string of the molecule is CC(=O)c1ccc(CCN2CCOCC2)cc1. The minimum atomic E-state index is 0.129. The summed E-state index contributed by atoms with van der Waals surface area (Å²) in [5, 5.41) is 0. The molecular formula is C14H19NO2. The van der Waals surface area contributed by atoms with Gasteiger partial charge in [-0.25, -0.2) is 0 Å². The highest BCUT2D eigenvalue weighted by Crippen LogP contribution is 2.07. The third-order valence-corrected chi connectivity index (χ3v) is 3.18. The molecule has 1 aromatic rings. The summed E-state index contributed by atoms with van der Waals surface area (Å²) in [5.41, 5.74) is 2.08. The van der Waals surface area contributed by atoms with Crippen molar-refractivity contribution >= 4 is 5.78 Å². The first-order chi connectivity index (χ1) is 8.25. The fraction of sp³-hybridized carbons (Fsp3) is 0.500. The minimum absolute atomic E-state index is 0.129. The molecule has 1 aliphatic rings. The van der Waals surface area contributed by atoms with Crippen LogP contribution < -0.4 is 0 Å². The average Bonchev–Trinajstić information content (AvgIpc) is 2.38. The van der Waals surface area contributed by atoms with Gasteiger partial charge in [-0.3, -0.25) is 9.69 Å². The van der Waals surface area contributed by atoms with Crippen LogP contribution in [0.4, 0.5) is 0 Å². The van der Waals surface area contributed by atoms with Crippen molar-refractivity contribution in [3.63, 3.8) is 0 Å². The van der Waals surface area contributed by atoms with E-state index in [4.69, 9.17) is 4.74 Å². The zero-order valence-corrected chi connectivity index (χ0v) is 10.3. The van der Waals surface area contributed by atoms with E-state index in [9.17, 15) is 4.79 Å². The summed E-state index contributed by atoms with van der Waals surface area (Å²) < 4.78 is 5.31. The van der Waals surface area contributed by atoms with Crippen LogP contribution in [0.3, 0.4) is 0 Å². The lowest BCUT2D eigenvalue weighted by Gasteiger charge is -2.26. The van der Waals surface area contributed by atoms with E-state index in [1.807, 2.05) is 12.1 Å². The number of benzene rings is 1. The molecule has 0 amide bonds. The molecule has 0 atom stereocenters. The third-order valence-electron chi connectivity index (χ3n) is 3.18. The van der Waals surface area contributed by atoms with Crippen molar-refractivity contribution < 1.29 is 9.53 Å². The van der Waals surface area contributed by atoms with Gasteiger partial charge in [0.15, 0.2) is 5.78 Å². The Labute approximate surface area is 102 Å². The number of hydrogen-bond acceptors (Lipinski definition) is 3. The van der Waals surface area contributed by atoms with Crippen LogP contribution in [0, 0.1) is 0 Å². The number of carbonyl (C=O) groups excluding carboxylic acids is 1. The maximum absolute atomic E-state index is 11.1. The Morgan fingerprint density at radius 1 is 1.24 bits per heavy atom. The van der Waals surface area contributed by atoms with Gasteiger partial charge < -0.3 is 4.74 Å². The van der Waals surface area contributed by atoms with Crippen LogP contribution in [0.15, 0.2) is 24.3 Å². The minimum Gasteiger partial charge on any atom is -0.379 e. The van der Waals surface area contributed by atoms with Gasteiger partial charge in [0.1, 0.15) is 0 Å². The van der Waals surface area contributed by atoms with Crippen molar-refractivity contribution in [1.82, 2.24) is 4.90 Å². The fourth-order valence-corrected chi connectivity index (χ4v) is 2.02. The molecule has 0 saturated carbocycles. The van der Waals surface area contributed by atoms with Crippen molar-refractivity contribution in [3.8, 4) is 0 Å². The van der Waals surface area contributed by atoms with Crippen molar-refractivity contribution in [2.75, 3.05) is 32.8 Å². The number of morpholine rings is 1. The van der Waals surface area contributed by atoms with E-state index < -0.39 is 0 Å². The van der Waals surface area contributed by atoms with Crippen LogP contribution in [-0.4, -0.2) is 43.5 Å². The van der Waals surface area contributed by atoms with E-state index in [1.165, 1.54) is 5.56 Å². The van der Waals surface area contributed by atoms with Crippen LogP contribution in [0.2, 0.25) is 0 Å². The van der Waals surface area contributed by atoms with Crippen molar-refractivity contribution in [1.29, 1.82) is 0 Å². The second-order valence-corrected chi connectivity index (χ2v) is 4.46. The summed E-state index contributed by atoms with van der Waals surface area (Å²) in [6.45, 7) is 6.44. The monoisotopic (exact) mass is 233 g/mol. The molecule has 0 N–H and O–H groups in total. The molecular weight excluding hydrogens is 214 g/mol. The average molecular weight is 233 g/mol. The van der Waals surface area contributed by atoms with E-state index in [0.717, 1.165) is 44.8 Å². The molecule has 1 aliphatic heterocycles. The molecule has 0 bridgehead atoms. The van der Waals surface area contributed by atoms with Crippen molar-refractivity contribution in [2.24, 2.45) is 0 Å². The zero-order valence-electron chi connectivity index (χ0n) is 10.3. The second-order valence-electron chi connectivity index (χ2n) is 4.46. The quantitative estimate of drug-likeness (QED) is 0.742. The maximum Gasteiger partial charge on any atom is 0.159 e. The summed E-state index contributed by atoms with van der Waals surface area (Å²) in [6, 6.07) is 7.93. The standard InChI is InChI=1S/C14H19NO2/c1-12(16)14-4-2-13(3-5-14)6-7-15-8-10-17-11-9-15/h2-5H,6-11H2,1H3. The first kappa shape index (κ1) is 12.3. The molecule has 1 saturated heterocycles. The predicted molar refractivity (Wildman–Crippen MR) is 67.4 cm³/mol. The van der Waals surface area contributed by atoms with Crippen LogP contribution in [0.5, 0.6) is 0 Å². The molecule has 3 nitrogen and oxygen atoms in total. The molecule has 2 rings (SSSR count). The highest BCUT2D eigenvalue weighted by Gasteiger charge is 2.09. The Morgan fingerprint density at radius 3 is 2.47 bits per heavy atom.